The van der Waals surface area contributed by atoms with E-state index in [9.17, 15) is 0 Å². The smallest absolute Gasteiger partial charge is 0.191 e. The monoisotopic (exact) mass is 501 g/mol. The van der Waals surface area contributed by atoms with Gasteiger partial charge in [0.2, 0.25) is 0 Å². The summed E-state index contributed by atoms with van der Waals surface area (Å²) < 4.78 is 0. The Kier molecular flexibility index (Phi) is 10.9. The lowest BCUT2D eigenvalue weighted by atomic mass is 10.1. The molecule has 1 heterocycles. The van der Waals surface area contributed by atoms with Gasteiger partial charge in [-0.3, -0.25) is 0 Å². The van der Waals surface area contributed by atoms with Gasteiger partial charge in [-0.2, -0.15) is 0 Å². The van der Waals surface area contributed by atoms with Crippen molar-refractivity contribution < 1.29 is 0 Å². The summed E-state index contributed by atoms with van der Waals surface area (Å²) in [5.74, 6) is 0.857. The van der Waals surface area contributed by atoms with Gasteiger partial charge in [-0.15, -0.1) is 35.3 Å². The van der Waals surface area contributed by atoms with Crippen molar-refractivity contribution in [1.29, 1.82) is 0 Å². The van der Waals surface area contributed by atoms with Crippen LogP contribution in [0.3, 0.4) is 0 Å². The van der Waals surface area contributed by atoms with Gasteiger partial charge in [-0.25, -0.2) is 9.98 Å². The van der Waals surface area contributed by atoms with Crippen LogP contribution >= 0.6 is 35.3 Å². The quantitative estimate of drug-likeness (QED) is 0.329. The molecule has 0 unspecified atom stereocenters. The second-order valence-corrected chi connectivity index (χ2v) is 7.97. The van der Waals surface area contributed by atoms with Crippen LogP contribution in [0.2, 0.25) is 0 Å². The second-order valence-electron chi connectivity index (χ2n) is 6.68. The van der Waals surface area contributed by atoms with Crippen LogP contribution in [0, 0.1) is 13.8 Å². The number of halogens is 1. The second kappa shape index (κ2) is 12.3. The Bertz CT molecular complexity index is 707. The molecule has 0 fully saturated rings. The molecule has 27 heavy (non-hydrogen) atoms. The van der Waals surface area contributed by atoms with Gasteiger partial charge in [0.25, 0.3) is 0 Å². The standard InChI is InChI=1S/C20H31N5S.HI/c1-6-21-20(22-11-10-19-24-15(2)16(3)26-19)23-13-17-8-7-9-18(12-17)14-25(4)5;/h7-9,12H,6,10-11,13-14H2,1-5H3,(H2,21,22,23);1H. The highest BCUT2D eigenvalue weighted by molar-refractivity contribution is 14.0. The van der Waals surface area contributed by atoms with Crippen molar-refractivity contribution >= 4 is 41.3 Å². The summed E-state index contributed by atoms with van der Waals surface area (Å²) in [5.41, 5.74) is 3.69. The summed E-state index contributed by atoms with van der Waals surface area (Å²) in [4.78, 5) is 12.8. The fraction of sp³-hybridized carbons (Fsp3) is 0.500. The van der Waals surface area contributed by atoms with E-state index in [4.69, 9.17) is 4.99 Å². The summed E-state index contributed by atoms with van der Waals surface area (Å²) in [6, 6.07) is 8.63. The molecular weight excluding hydrogens is 469 g/mol. The number of nitrogens with one attached hydrogen (secondary N) is 2. The van der Waals surface area contributed by atoms with Crippen molar-refractivity contribution in [1.82, 2.24) is 20.5 Å². The van der Waals surface area contributed by atoms with Crippen LogP contribution in [0.4, 0.5) is 0 Å². The van der Waals surface area contributed by atoms with Gasteiger partial charge in [-0.1, -0.05) is 24.3 Å². The molecule has 7 heteroatoms. The third-order valence-corrected chi connectivity index (χ3v) is 5.09. The Morgan fingerprint density at radius 2 is 1.93 bits per heavy atom. The van der Waals surface area contributed by atoms with E-state index in [-0.39, 0.29) is 24.0 Å². The highest BCUT2D eigenvalue weighted by atomic mass is 127. The highest BCUT2D eigenvalue weighted by Crippen LogP contribution is 2.16. The molecular formula is C20H32IN5S. The molecule has 0 aliphatic heterocycles. The third kappa shape index (κ3) is 8.57. The summed E-state index contributed by atoms with van der Waals surface area (Å²) in [5, 5.41) is 7.91. The maximum Gasteiger partial charge on any atom is 0.191 e. The predicted molar refractivity (Wildman–Crippen MR) is 127 cm³/mol. The van der Waals surface area contributed by atoms with E-state index >= 15 is 0 Å². The van der Waals surface area contributed by atoms with Crippen molar-refractivity contribution in [2.24, 2.45) is 4.99 Å². The summed E-state index contributed by atoms with van der Waals surface area (Å²) in [6.45, 7) is 9.58. The molecule has 5 nitrogen and oxygen atoms in total. The number of rotatable bonds is 8. The first-order chi connectivity index (χ1) is 12.5. The van der Waals surface area contributed by atoms with Gasteiger partial charge >= 0.3 is 0 Å². The zero-order chi connectivity index (χ0) is 18.9. The van der Waals surface area contributed by atoms with Gasteiger partial charge in [-0.05, 0) is 46.0 Å². The zero-order valence-electron chi connectivity index (χ0n) is 17.0. The van der Waals surface area contributed by atoms with Crippen molar-refractivity contribution in [2.75, 3.05) is 27.2 Å². The lowest BCUT2D eigenvalue weighted by Crippen LogP contribution is -2.38. The fourth-order valence-corrected chi connectivity index (χ4v) is 3.57. The number of aryl methyl sites for hydroxylation is 2. The lowest BCUT2D eigenvalue weighted by molar-refractivity contribution is 0.402. The molecule has 0 saturated carbocycles. The average molecular weight is 501 g/mol. The van der Waals surface area contributed by atoms with Crippen molar-refractivity contribution in [3.63, 3.8) is 0 Å². The van der Waals surface area contributed by atoms with E-state index in [1.165, 1.54) is 21.0 Å². The normalized spacial score (nSPS) is 11.4. The molecule has 2 rings (SSSR count). The molecule has 0 bridgehead atoms. The van der Waals surface area contributed by atoms with Crippen LogP contribution in [0.5, 0.6) is 0 Å². The molecule has 0 atom stereocenters. The first-order valence-corrected chi connectivity index (χ1v) is 9.97. The van der Waals surface area contributed by atoms with Crippen molar-refractivity contribution in [3.05, 3.63) is 51.0 Å². The minimum atomic E-state index is 0. The summed E-state index contributed by atoms with van der Waals surface area (Å²) in [6.07, 6.45) is 0.919. The van der Waals surface area contributed by atoms with E-state index in [0.29, 0.717) is 6.54 Å². The number of thiazole rings is 1. The number of nitrogens with zero attached hydrogens (tertiary/aromatic N) is 3. The van der Waals surface area contributed by atoms with Crippen LogP contribution in [-0.2, 0) is 19.5 Å². The molecule has 0 aliphatic rings. The molecule has 0 spiro atoms. The molecule has 150 valence electrons. The Hall–Kier alpha value is -1.19. The SMILES string of the molecule is CCNC(=NCc1cccc(CN(C)C)c1)NCCc1nc(C)c(C)s1.I. The highest BCUT2D eigenvalue weighted by Gasteiger charge is 2.04. The van der Waals surface area contributed by atoms with Gasteiger partial charge in [0.15, 0.2) is 5.96 Å². The number of hydrogen-bond acceptors (Lipinski definition) is 4. The zero-order valence-corrected chi connectivity index (χ0v) is 20.1. The van der Waals surface area contributed by atoms with Gasteiger partial charge in [0, 0.05) is 30.9 Å². The Morgan fingerprint density at radius 1 is 1.19 bits per heavy atom. The Labute approximate surface area is 184 Å². The van der Waals surface area contributed by atoms with Gasteiger partial charge in [0.1, 0.15) is 0 Å². The fourth-order valence-electron chi connectivity index (χ4n) is 2.64. The maximum absolute atomic E-state index is 4.72. The first kappa shape index (κ1) is 23.8. The molecule has 0 saturated heterocycles. The number of guanidine groups is 1. The van der Waals surface area contributed by atoms with Crippen molar-refractivity contribution in [3.8, 4) is 0 Å². The molecule has 0 amide bonds. The molecule has 0 aliphatic carbocycles. The van der Waals surface area contributed by atoms with Crippen LogP contribution in [-0.4, -0.2) is 43.0 Å². The first-order valence-electron chi connectivity index (χ1n) is 9.15. The van der Waals surface area contributed by atoms with Crippen LogP contribution in [0.25, 0.3) is 0 Å². The third-order valence-electron chi connectivity index (χ3n) is 3.96. The molecule has 1 aromatic heterocycles. The predicted octanol–water partition coefficient (Wildman–Crippen LogP) is 3.74. The number of aromatic nitrogens is 1. The maximum atomic E-state index is 4.72. The van der Waals surface area contributed by atoms with Gasteiger partial charge < -0.3 is 15.5 Å². The van der Waals surface area contributed by atoms with Crippen LogP contribution in [0.15, 0.2) is 29.3 Å². The lowest BCUT2D eigenvalue weighted by Gasteiger charge is -2.12. The van der Waals surface area contributed by atoms with E-state index < -0.39 is 0 Å². The number of hydrogen-bond donors (Lipinski definition) is 2. The Balaban J connectivity index is 0.00000364. The Morgan fingerprint density at radius 3 is 2.56 bits per heavy atom. The van der Waals surface area contributed by atoms with Gasteiger partial charge in [0.05, 0.1) is 17.2 Å². The average Bonchev–Trinajstić information content (AvgIpc) is 2.90. The number of benzene rings is 1. The van der Waals surface area contributed by atoms with E-state index in [2.05, 4.69) is 79.6 Å². The van der Waals surface area contributed by atoms with Crippen LogP contribution < -0.4 is 10.6 Å². The van der Waals surface area contributed by atoms with E-state index in [0.717, 1.165) is 37.7 Å². The molecule has 2 aromatic rings. The minimum Gasteiger partial charge on any atom is -0.357 e. The largest absolute Gasteiger partial charge is 0.357 e. The number of aliphatic imine (C=N–C) groups is 1. The molecule has 2 N–H and O–H groups in total. The van der Waals surface area contributed by atoms with Crippen molar-refractivity contribution in [2.45, 2.75) is 40.3 Å². The summed E-state index contributed by atoms with van der Waals surface area (Å²) in [7, 11) is 4.17. The topological polar surface area (TPSA) is 52.6 Å². The van der Waals surface area contributed by atoms with E-state index in [1.54, 1.807) is 11.3 Å². The summed E-state index contributed by atoms with van der Waals surface area (Å²) >= 11 is 1.78. The van der Waals surface area contributed by atoms with E-state index in [1.807, 2.05) is 0 Å². The molecule has 1 aromatic carbocycles. The molecule has 0 radical (unpaired) electrons. The van der Waals surface area contributed by atoms with Crippen LogP contribution in [0.1, 0.15) is 33.6 Å². The minimum absolute atomic E-state index is 0.